The lowest BCUT2D eigenvalue weighted by Crippen LogP contribution is -2.30. The summed E-state index contributed by atoms with van der Waals surface area (Å²) in [7, 11) is 3.04. The van der Waals surface area contributed by atoms with Gasteiger partial charge in [0.1, 0.15) is 5.58 Å². The highest BCUT2D eigenvalue weighted by molar-refractivity contribution is 5.95. The maximum atomic E-state index is 12.4. The van der Waals surface area contributed by atoms with Crippen LogP contribution in [0.25, 0.3) is 11.0 Å². The second-order valence-electron chi connectivity index (χ2n) is 6.63. The zero-order valence-electron chi connectivity index (χ0n) is 16.8. The van der Waals surface area contributed by atoms with Crippen molar-refractivity contribution < 1.29 is 28.2 Å². The van der Waals surface area contributed by atoms with Crippen LogP contribution in [0, 0.1) is 6.92 Å². The van der Waals surface area contributed by atoms with E-state index in [0.717, 1.165) is 16.5 Å². The standard InChI is InChI=1S/C22H23NO6/c1-13-5-7-17-15(12-28-19(17)9-13)10-21(24)29-14(2)22(25)23-16-6-8-18(26-3)20(11-16)27-4/h5-9,11-12,14H,10H2,1-4H3,(H,23,25). The van der Waals surface area contributed by atoms with Crippen molar-refractivity contribution in [1.82, 2.24) is 0 Å². The summed E-state index contributed by atoms with van der Waals surface area (Å²) in [5.41, 5.74) is 3.01. The number of hydrogen-bond donors (Lipinski definition) is 1. The van der Waals surface area contributed by atoms with Gasteiger partial charge in [-0.2, -0.15) is 0 Å². The Balaban J connectivity index is 1.61. The molecular weight excluding hydrogens is 374 g/mol. The molecule has 3 rings (SSSR count). The summed E-state index contributed by atoms with van der Waals surface area (Å²) in [6, 6.07) is 10.7. The Bertz CT molecular complexity index is 1040. The highest BCUT2D eigenvalue weighted by Crippen LogP contribution is 2.30. The predicted octanol–water partition coefficient (Wildman–Crippen LogP) is 3.87. The van der Waals surface area contributed by atoms with Crippen molar-refractivity contribution in [3.63, 3.8) is 0 Å². The molecule has 1 N–H and O–H groups in total. The van der Waals surface area contributed by atoms with Crippen molar-refractivity contribution >= 4 is 28.5 Å². The summed E-state index contributed by atoms with van der Waals surface area (Å²) < 4.78 is 21.2. The van der Waals surface area contributed by atoms with Crippen LogP contribution in [0.4, 0.5) is 5.69 Å². The molecule has 7 heteroatoms. The van der Waals surface area contributed by atoms with E-state index in [1.165, 1.54) is 21.1 Å². The Morgan fingerprint density at radius 3 is 2.55 bits per heavy atom. The van der Waals surface area contributed by atoms with E-state index in [-0.39, 0.29) is 6.42 Å². The molecule has 0 aliphatic carbocycles. The van der Waals surface area contributed by atoms with Gasteiger partial charge in [0.15, 0.2) is 17.6 Å². The molecule has 1 atom stereocenters. The number of amides is 1. The number of anilines is 1. The van der Waals surface area contributed by atoms with Gasteiger partial charge in [0.05, 0.1) is 26.9 Å². The van der Waals surface area contributed by atoms with E-state index in [0.29, 0.717) is 22.8 Å². The number of ether oxygens (including phenoxy) is 3. The average Bonchev–Trinajstić information content (AvgIpc) is 3.09. The third-order valence-electron chi connectivity index (χ3n) is 4.47. The van der Waals surface area contributed by atoms with Crippen LogP contribution in [-0.4, -0.2) is 32.2 Å². The zero-order valence-corrected chi connectivity index (χ0v) is 16.8. The van der Waals surface area contributed by atoms with Gasteiger partial charge in [-0.1, -0.05) is 12.1 Å². The Morgan fingerprint density at radius 1 is 1.07 bits per heavy atom. The average molecular weight is 397 g/mol. The minimum absolute atomic E-state index is 0.0179. The minimum atomic E-state index is -0.962. The van der Waals surface area contributed by atoms with Crippen LogP contribution >= 0.6 is 0 Å². The van der Waals surface area contributed by atoms with Crippen LogP contribution in [0.5, 0.6) is 11.5 Å². The molecule has 2 aromatic carbocycles. The summed E-state index contributed by atoms with van der Waals surface area (Å²) in [5.74, 6) is 0.0750. The number of rotatable bonds is 7. The lowest BCUT2D eigenvalue weighted by molar-refractivity contribution is -0.152. The van der Waals surface area contributed by atoms with Crippen molar-refractivity contribution in [2.24, 2.45) is 0 Å². The van der Waals surface area contributed by atoms with Crippen molar-refractivity contribution in [2.45, 2.75) is 26.4 Å². The van der Waals surface area contributed by atoms with Crippen LogP contribution in [0.1, 0.15) is 18.1 Å². The Morgan fingerprint density at radius 2 is 1.83 bits per heavy atom. The van der Waals surface area contributed by atoms with Gasteiger partial charge in [-0.3, -0.25) is 9.59 Å². The number of fused-ring (bicyclic) bond motifs is 1. The van der Waals surface area contributed by atoms with Gasteiger partial charge in [-0.15, -0.1) is 0 Å². The van der Waals surface area contributed by atoms with Gasteiger partial charge in [0.2, 0.25) is 0 Å². The van der Waals surface area contributed by atoms with E-state index >= 15 is 0 Å². The molecule has 3 aromatic rings. The summed E-state index contributed by atoms with van der Waals surface area (Å²) >= 11 is 0. The normalized spacial score (nSPS) is 11.7. The lowest BCUT2D eigenvalue weighted by Gasteiger charge is -2.14. The molecule has 0 aliphatic rings. The van der Waals surface area contributed by atoms with Gasteiger partial charge in [-0.05, 0) is 37.6 Å². The number of methoxy groups -OCH3 is 2. The summed E-state index contributed by atoms with van der Waals surface area (Å²) in [6.07, 6.45) is 0.597. The van der Waals surface area contributed by atoms with Crippen molar-refractivity contribution in [2.75, 3.05) is 19.5 Å². The molecule has 0 spiro atoms. The number of aryl methyl sites for hydroxylation is 1. The highest BCUT2D eigenvalue weighted by atomic mass is 16.5. The summed E-state index contributed by atoms with van der Waals surface area (Å²) in [4.78, 5) is 24.7. The van der Waals surface area contributed by atoms with Gasteiger partial charge in [0.25, 0.3) is 5.91 Å². The quantitative estimate of drug-likeness (QED) is 0.609. The fourth-order valence-corrected chi connectivity index (χ4v) is 2.93. The lowest BCUT2D eigenvalue weighted by atomic mass is 10.1. The second-order valence-corrected chi connectivity index (χ2v) is 6.63. The van der Waals surface area contributed by atoms with Gasteiger partial charge in [-0.25, -0.2) is 0 Å². The third kappa shape index (κ3) is 4.68. The third-order valence-corrected chi connectivity index (χ3v) is 4.47. The molecule has 0 bridgehead atoms. The monoisotopic (exact) mass is 397 g/mol. The molecule has 152 valence electrons. The molecule has 0 radical (unpaired) electrons. The van der Waals surface area contributed by atoms with E-state index in [1.807, 2.05) is 25.1 Å². The molecule has 0 saturated carbocycles. The minimum Gasteiger partial charge on any atom is -0.493 e. The largest absolute Gasteiger partial charge is 0.493 e. The number of benzene rings is 2. The van der Waals surface area contributed by atoms with E-state index in [1.54, 1.807) is 24.5 Å². The zero-order chi connectivity index (χ0) is 21.0. The van der Waals surface area contributed by atoms with Crippen LogP contribution in [-0.2, 0) is 20.7 Å². The fourth-order valence-electron chi connectivity index (χ4n) is 2.93. The molecule has 29 heavy (non-hydrogen) atoms. The molecule has 0 saturated heterocycles. The van der Waals surface area contributed by atoms with Gasteiger partial charge >= 0.3 is 5.97 Å². The van der Waals surface area contributed by atoms with Crippen LogP contribution < -0.4 is 14.8 Å². The van der Waals surface area contributed by atoms with Crippen LogP contribution in [0.2, 0.25) is 0 Å². The first-order chi connectivity index (χ1) is 13.9. The first-order valence-electron chi connectivity index (χ1n) is 9.10. The van der Waals surface area contributed by atoms with E-state index in [4.69, 9.17) is 18.6 Å². The van der Waals surface area contributed by atoms with E-state index in [2.05, 4.69) is 5.32 Å². The highest BCUT2D eigenvalue weighted by Gasteiger charge is 2.20. The smallest absolute Gasteiger partial charge is 0.311 e. The second kappa shape index (κ2) is 8.68. The van der Waals surface area contributed by atoms with Gasteiger partial charge in [0, 0.05) is 22.7 Å². The van der Waals surface area contributed by atoms with E-state index in [9.17, 15) is 9.59 Å². The maximum absolute atomic E-state index is 12.4. The Kier molecular flexibility index (Phi) is 6.07. The van der Waals surface area contributed by atoms with Crippen molar-refractivity contribution in [1.29, 1.82) is 0 Å². The number of carbonyl (C=O) groups excluding carboxylic acids is 2. The number of furan rings is 1. The predicted molar refractivity (Wildman–Crippen MR) is 108 cm³/mol. The van der Waals surface area contributed by atoms with Crippen molar-refractivity contribution in [3.8, 4) is 11.5 Å². The Hall–Kier alpha value is -3.48. The van der Waals surface area contributed by atoms with Crippen LogP contribution in [0.3, 0.4) is 0 Å². The molecular formula is C22H23NO6. The number of hydrogen-bond acceptors (Lipinski definition) is 6. The van der Waals surface area contributed by atoms with Crippen molar-refractivity contribution in [3.05, 3.63) is 53.8 Å². The van der Waals surface area contributed by atoms with Gasteiger partial charge < -0.3 is 23.9 Å². The topological polar surface area (TPSA) is 87.0 Å². The summed E-state index contributed by atoms with van der Waals surface area (Å²) in [6.45, 7) is 3.49. The molecule has 0 aliphatic heterocycles. The first kappa shape index (κ1) is 20.3. The molecule has 1 unspecified atom stereocenters. The number of nitrogens with one attached hydrogen (secondary N) is 1. The molecule has 0 fully saturated rings. The molecule has 1 amide bonds. The van der Waals surface area contributed by atoms with Crippen LogP contribution in [0.15, 0.2) is 47.1 Å². The first-order valence-corrected chi connectivity index (χ1v) is 9.10. The molecule has 1 aromatic heterocycles. The Labute approximate surface area is 168 Å². The fraction of sp³-hybridized carbons (Fsp3) is 0.273. The number of carbonyl (C=O) groups is 2. The number of esters is 1. The molecule has 1 heterocycles. The summed E-state index contributed by atoms with van der Waals surface area (Å²) in [5, 5.41) is 3.55. The SMILES string of the molecule is COc1ccc(NC(=O)C(C)OC(=O)Cc2coc3cc(C)ccc23)cc1OC. The molecule has 7 nitrogen and oxygen atoms in total. The maximum Gasteiger partial charge on any atom is 0.311 e. The van der Waals surface area contributed by atoms with E-state index < -0.39 is 18.0 Å².